The van der Waals surface area contributed by atoms with Gasteiger partial charge in [-0.2, -0.15) is 0 Å². The van der Waals surface area contributed by atoms with Gasteiger partial charge < -0.3 is 13.9 Å². The SMILES string of the molecule is CC1(C)OC(=O)C=C(CC(C[N+](=O)[O-])c2ccco2)O1. The van der Waals surface area contributed by atoms with E-state index in [0.29, 0.717) is 11.5 Å². The van der Waals surface area contributed by atoms with E-state index in [9.17, 15) is 14.9 Å². The summed E-state index contributed by atoms with van der Waals surface area (Å²) in [4.78, 5) is 21.8. The van der Waals surface area contributed by atoms with Gasteiger partial charge in [0.1, 0.15) is 11.5 Å². The second-order valence-electron chi connectivity index (χ2n) is 4.97. The Labute approximate surface area is 115 Å². The highest BCUT2D eigenvalue weighted by Crippen LogP contribution is 2.30. The molecule has 0 fully saturated rings. The molecule has 0 aromatic carbocycles. The van der Waals surface area contributed by atoms with Gasteiger partial charge in [0.15, 0.2) is 0 Å². The summed E-state index contributed by atoms with van der Waals surface area (Å²) >= 11 is 0. The quantitative estimate of drug-likeness (QED) is 0.467. The zero-order valence-electron chi connectivity index (χ0n) is 11.2. The van der Waals surface area contributed by atoms with Gasteiger partial charge in [-0.3, -0.25) is 10.1 Å². The molecule has 1 aromatic rings. The zero-order valence-corrected chi connectivity index (χ0v) is 11.2. The number of nitro groups is 1. The summed E-state index contributed by atoms with van der Waals surface area (Å²) in [6, 6.07) is 3.33. The van der Waals surface area contributed by atoms with Gasteiger partial charge in [0, 0.05) is 25.2 Å². The minimum Gasteiger partial charge on any atom is -0.469 e. The normalized spacial score (nSPS) is 18.7. The van der Waals surface area contributed by atoms with Gasteiger partial charge >= 0.3 is 5.97 Å². The van der Waals surface area contributed by atoms with Crippen LogP contribution in [0.1, 0.15) is 31.9 Å². The highest BCUT2D eigenvalue weighted by molar-refractivity contribution is 5.83. The van der Waals surface area contributed by atoms with Gasteiger partial charge in [0.25, 0.3) is 0 Å². The summed E-state index contributed by atoms with van der Waals surface area (Å²) in [6.07, 6.45) is 2.87. The van der Waals surface area contributed by atoms with Crippen LogP contribution >= 0.6 is 0 Å². The number of allylic oxidation sites excluding steroid dienone is 1. The maximum absolute atomic E-state index is 11.4. The van der Waals surface area contributed by atoms with E-state index >= 15 is 0 Å². The number of hydrogen-bond acceptors (Lipinski definition) is 6. The molecule has 1 aliphatic heterocycles. The van der Waals surface area contributed by atoms with E-state index in [1.54, 1.807) is 26.0 Å². The van der Waals surface area contributed by atoms with Crippen molar-refractivity contribution in [2.75, 3.05) is 6.54 Å². The predicted octanol–water partition coefficient (Wildman–Crippen LogP) is 2.22. The fraction of sp³-hybridized carbons (Fsp3) is 0.462. The molecule has 0 saturated carbocycles. The van der Waals surface area contributed by atoms with Crippen LogP contribution in [0.2, 0.25) is 0 Å². The number of rotatable bonds is 5. The molecule has 0 spiro atoms. The van der Waals surface area contributed by atoms with E-state index in [1.807, 2.05) is 0 Å². The van der Waals surface area contributed by atoms with E-state index in [2.05, 4.69) is 0 Å². The summed E-state index contributed by atoms with van der Waals surface area (Å²) < 4.78 is 15.7. The predicted molar refractivity (Wildman–Crippen MR) is 67.3 cm³/mol. The Hall–Kier alpha value is -2.31. The van der Waals surface area contributed by atoms with E-state index in [1.165, 1.54) is 12.3 Å². The van der Waals surface area contributed by atoms with Crippen molar-refractivity contribution in [3.8, 4) is 0 Å². The largest absolute Gasteiger partial charge is 0.469 e. The van der Waals surface area contributed by atoms with Crippen LogP contribution in [0, 0.1) is 10.1 Å². The summed E-state index contributed by atoms with van der Waals surface area (Å²) in [5, 5.41) is 10.8. The van der Waals surface area contributed by atoms with Gasteiger partial charge in [-0.05, 0) is 12.1 Å². The molecule has 1 aromatic heterocycles. The standard InChI is InChI=1S/C13H15NO6/c1-13(2)19-10(7-12(15)20-13)6-9(8-14(16)17)11-4-3-5-18-11/h3-5,7,9H,6,8H2,1-2H3. The van der Waals surface area contributed by atoms with Gasteiger partial charge in [-0.25, -0.2) is 4.79 Å². The van der Waals surface area contributed by atoms with Crippen molar-refractivity contribution in [1.82, 2.24) is 0 Å². The number of furan rings is 1. The summed E-state index contributed by atoms with van der Waals surface area (Å²) in [5.41, 5.74) is 0. The fourth-order valence-corrected chi connectivity index (χ4v) is 2.07. The number of nitrogens with zero attached hydrogens (tertiary/aromatic N) is 1. The summed E-state index contributed by atoms with van der Waals surface area (Å²) in [7, 11) is 0. The molecular weight excluding hydrogens is 266 g/mol. The van der Waals surface area contributed by atoms with Crippen molar-refractivity contribution in [2.24, 2.45) is 0 Å². The highest BCUT2D eigenvalue weighted by Gasteiger charge is 2.32. The average molecular weight is 281 g/mol. The molecule has 0 radical (unpaired) electrons. The lowest BCUT2D eigenvalue weighted by molar-refractivity contribution is -0.484. The van der Waals surface area contributed by atoms with Crippen molar-refractivity contribution < 1.29 is 23.6 Å². The zero-order chi connectivity index (χ0) is 14.8. The first-order valence-corrected chi connectivity index (χ1v) is 6.13. The first-order valence-electron chi connectivity index (χ1n) is 6.13. The van der Waals surface area contributed by atoms with Gasteiger partial charge in [0.2, 0.25) is 12.3 Å². The minimum atomic E-state index is -1.07. The number of esters is 1. The monoisotopic (exact) mass is 281 g/mol. The minimum absolute atomic E-state index is 0.201. The average Bonchev–Trinajstić information content (AvgIpc) is 2.77. The van der Waals surface area contributed by atoms with Gasteiger partial charge in [-0.1, -0.05) is 0 Å². The third-order valence-corrected chi connectivity index (χ3v) is 2.76. The number of carbonyl (C=O) groups excluding carboxylic acids is 1. The van der Waals surface area contributed by atoms with Crippen LogP contribution in [-0.2, 0) is 14.3 Å². The molecule has 2 rings (SSSR count). The van der Waals surface area contributed by atoms with Gasteiger partial charge in [-0.15, -0.1) is 0 Å². The molecule has 1 unspecified atom stereocenters. The van der Waals surface area contributed by atoms with E-state index in [0.717, 1.165) is 0 Å². The van der Waals surface area contributed by atoms with Crippen LogP contribution in [0.3, 0.4) is 0 Å². The van der Waals surface area contributed by atoms with E-state index < -0.39 is 22.6 Å². The first kappa shape index (κ1) is 14.1. The maximum atomic E-state index is 11.4. The Kier molecular flexibility index (Phi) is 3.78. The second kappa shape index (κ2) is 5.36. The molecular formula is C13H15NO6. The molecule has 0 aliphatic carbocycles. The fourth-order valence-electron chi connectivity index (χ4n) is 2.07. The van der Waals surface area contributed by atoms with E-state index in [-0.39, 0.29) is 13.0 Å². The lowest BCUT2D eigenvalue weighted by Gasteiger charge is -2.31. The first-order chi connectivity index (χ1) is 9.35. The van der Waals surface area contributed by atoms with Crippen LogP contribution in [0.25, 0.3) is 0 Å². The molecule has 1 atom stereocenters. The third kappa shape index (κ3) is 3.59. The third-order valence-electron chi connectivity index (χ3n) is 2.76. The molecule has 0 saturated heterocycles. The van der Waals surface area contributed by atoms with Crippen LogP contribution in [0.5, 0.6) is 0 Å². The van der Waals surface area contributed by atoms with Crippen LogP contribution in [0.15, 0.2) is 34.6 Å². The Bertz CT molecular complexity index is 531. The second-order valence-corrected chi connectivity index (χ2v) is 4.97. The van der Waals surface area contributed by atoms with Crippen LogP contribution < -0.4 is 0 Å². The molecule has 7 heteroatoms. The summed E-state index contributed by atoms with van der Waals surface area (Å²) in [5.74, 6) is -1.23. The molecule has 7 nitrogen and oxygen atoms in total. The van der Waals surface area contributed by atoms with Crippen molar-refractivity contribution in [3.05, 3.63) is 46.1 Å². The van der Waals surface area contributed by atoms with Crippen molar-refractivity contribution in [3.63, 3.8) is 0 Å². The lowest BCUT2D eigenvalue weighted by Crippen LogP contribution is -2.34. The van der Waals surface area contributed by atoms with Crippen molar-refractivity contribution in [2.45, 2.75) is 32.0 Å². The Balaban J connectivity index is 2.16. The van der Waals surface area contributed by atoms with Crippen molar-refractivity contribution in [1.29, 1.82) is 0 Å². The molecule has 0 bridgehead atoms. The number of cyclic esters (lactones) is 1. The molecule has 20 heavy (non-hydrogen) atoms. The summed E-state index contributed by atoms with van der Waals surface area (Å²) in [6.45, 7) is 2.91. The topological polar surface area (TPSA) is 91.8 Å². The lowest BCUT2D eigenvalue weighted by atomic mass is 10.0. The number of carbonyl (C=O) groups is 1. The highest BCUT2D eigenvalue weighted by atomic mass is 16.7. The smallest absolute Gasteiger partial charge is 0.337 e. The number of hydrogen-bond donors (Lipinski definition) is 0. The van der Waals surface area contributed by atoms with Crippen LogP contribution in [-0.4, -0.2) is 23.2 Å². The Morgan fingerprint density at radius 3 is 2.70 bits per heavy atom. The van der Waals surface area contributed by atoms with E-state index in [4.69, 9.17) is 13.9 Å². The van der Waals surface area contributed by atoms with Crippen LogP contribution in [0.4, 0.5) is 0 Å². The molecule has 0 amide bonds. The number of ether oxygens (including phenoxy) is 2. The molecule has 0 N–H and O–H groups in total. The molecule has 1 aliphatic rings. The van der Waals surface area contributed by atoms with Crippen molar-refractivity contribution >= 4 is 5.97 Å². The Morgan fingerprint density at radius 1 is 1.40 bits per heavy atom. The Morgan fingerprint density at radius 2 is 2.15 bits per heavy atom. The van der Waals surface area contributed by atoms with Gasteiger partial charge in [0.05, 0.1) is 18.3 Å². The molecule has 2 heterocycles. The maximum Gasteiger partial charge on any atom is 0.337 e. The molecule has 108 valence electrons.